The molecule has 0 fully saturated rings. The second kappa shape index (κ2) is 7.05. The highest BCUT2D eigenvalue weighted by Crippen LogP contribution is 2.29. The summed E-state index contributed by atoms with van der Waals surface area (Å²) in [6, 6.07) is 7.14. The molecular formula is C15H23NOS. The molecule has 1 heterocycles. The van der Waals surface area contributed by atoms with Crippen molar-refractivity contribution >= 4 is 11.8 Å². The lowest BCUT2D eigenvalue weighted by Crippen LogP contribution is -2.23. The molecule has 0 amide bonds. The highest BCUT2D eigenvalue weighted by Gasteiger charge is 2.16. The molecule has 0 radical (unpaired) electrons. The molecule has 0 saturated heterocycles. The van der Waals surface area contributed by atoms with Crippen LogP contribution in [0.1, 0.15) is 37.4 Å². The Balaban J connectivity index is 2.04. The van der Waals surface area contributed by atoms with Crippen LogP contribution in [0.15, 0.2) is 18.2 Å². The molecule has 0 aromatic heterocycles. The van der Waals surface area contributed by atoms with Gasteiger partial charge in [0.05, 0.1) is 6.61 Å². The van der Waals surface area contributed by atoms with Gasteiger partial charge in [-0.3, -0.25) is 0 Å². The third-order valence-corrected chi connectivity index (χ3v) is 4.47. The first-order chi connectivity index (χ1) is 8.85. The lowest BCUT2D eigenvalue weighted by molar-refractivity contribution is 0.357. The number of rotatable bonds is 7. The lowest BCUT2D eigenvalue weighted by atomic mass is 10.0. The van der Waals surface area contributed by atoms with Crippen molar-refractivity contribution < 1.29 is 4.74 Å². The molecule has 1 aliphatic rings. The van der Waals surface area contributed by atoms with Crippen LogP contribution in [0.3, 0.4) is 0 Å². The molecule has 1 N–H and O–H groups in total. The highest BCUT2D eigenvalue weighted by molar-refractivity contribution is 7.99. The fraction of sp³-hybridized carbons (Fsp3) is 0.600. The summed E-state index contributed by atoms with van der Waals surface area (Å²) < 4.78 is 5.57. The number of nitrogens with one attached hydrogen (secondary N) is 1. The van der Waals surface area contributed by atoms with Crippen molar-refractivity contribution in [1.29, 1.82) is 0 Å². The molecule has 3 heteroatoms. The average molecular weight is 265 g/mol. The van der Waals surface area contributed by atoms with Crippen LogP contribution in [0, 0.1) is 0 Å². The average Bonchev–Trinajstić information content (AvgIpc) is 2.85. The van der Waals surface area contributed by atoms with Gasteiger partial charge in [0.15, 0.2) is 0 Å². The van der Waals surface area contributed by atoms with Gasteiger partial charge in [0.2, 0.25) is 0 Å². The Bertz CT molecular complexity index is 381. The number of benzene rings is 1. The highest BCUT2D eigenvalue weighted by atomic mass is 32.2. The van der Waals surface area contributed by atoms with Gasteiger partial charge in [0.1, 0.15) is 5.75 Å². The van der Waals surface area contributed by atoms with E-state index in [0.717, 1.165) is 31.1 Å². The summed E-state index contributed by atoms with van der Waals surface area (Å²) >= 11 is 2.04. The first-order valence-electron chi connectivity index (χ1n) is 6.92. The fourth-order valence-electron chi connectivity index (χ4n) is 2.29. The van der Waals surface area contributed by atoms with Gasteiger partial charge in [-0.25, -0.2) is 0 Å². The van der Waals surface area contributed by atoms with E-state index in [1.54, 1.807) is 0 Å². The van der Waals surface area contributed by atoms with E-state index in [-0.39, 0.29) is 0 Å². The van der Waals surface area contributed by atoms with Gasteiger partial charge in [-0.2, -0.15) is 11.8 Å². The van der Waals surface area contributed by atoms with Crippen molar-refractivity contribution in [3.05, 3.63) is 29.3 Å². The Labute approximate surface area is 114 Å². The molecule has 0 spiro atoms. The first kappa shape index (κ1) is 13.8. The van der Waals surface area contributed by atoms with Crippen molar-refractivity contribution in [2.24, 2.45) is 0 Å². The van der Waals surface area contributed by atoms with Crippen LogP contribution in [-0.4, -0.2) is 24.7 Å². The predicted octanol–water partition coefficient (Wildman–Crippen LogP) is 3.42. The van der Waals surface area contributed by atoms with Crippen LogP contribution in [0.2, 0.25) is 0 Å². The number of fused-ring (bicyclic) bond motifs is 1. The number of hydrogen-bond acceptors (Lipinski definition) is 3. The van der Waals surface area contributed by atoms with Gasteiger partial charge in [0, 0.05) is 18.2 Å². The van der Waals surface area contributed by atoms with E-state index in [1.165, 1.54) is 23.3 Å². The standard InChI is InChI=1S/C15H23NOS/c1-3-9-18-11-14(16-4-2)12-5-6-15-13(10-12)7-8-17-15/h5-6,10,14,16H,3-4,7-9,11H2,1-2H3. The van der Waals surface area contributed by atoms with E-state index in [0.29, 0.717) is 6.04 Å². The number of hydrogen-bond donors (Lipinski definition) is 1. The van der Waals surface area contributed by atoms with Crippen molar-refractivity contribution in [2.75, 3.05) is 24.7 Å². The van der Waals surface area contributed by atoms with Gasteiger partial charge < -0.3 is 10.1 Å². The molecule has 2 nitrogen and oxygen atoms in total. The molecule has 1 aromatic carbocycles. The second-order valence-electron chi connectivity index (χ2n) is 4.65. The molecule has 1 atom stereocenters. The summed E-state index contributed by atoms with van der Waals surface area (Å²) in [6.07, 6.45) is 2.31. The van der Waals surface area contributed by atoms with Crippen molar-refractivity contribution in [2.45, 2.75) is 32.7 Å². The minimum atomic E-state index is 0.470. The molecule has 1 aliphatic heterocycles. The predicted molar refractivity (Wildman–Crippen MR) is 79.7 cm³/mol. The maximum absolute atomic E-state index is 5.57. The zero-order valence-electron chi connectivity index (χ0n) is 11.4. The van der Waals surface area contributed by atoms with Crippen LogP contribution in [0.4, 0.5) is 0 Å². The van der Waals surface area contributed by atoms with Gasteiger partial charge in [-0.15, -0.1) is 0 Å². The Morgan fingerprint density at radius 1 is 1.39 bits per heavy atom. The Morgan fingerprint density at radius 3 is 3.06 bits per heavy atom. The van der Waals surface area contributed by atoms with Crippen LogP contribution >= 0.6 is 11.8 Å². The maximum atomic E-state index is 5.57. The van der Waals surface area contributed by atoms with Gasteiger partial charge in [-0.1, -0.05) is 26.0 Å². The zero-order valence-corrected chi connectivity index (χ0v) is 12.2. The molecule has 0 aliphatic carbocycles. The summed E-state index contributed by atoms with van der Waals surface area (Å²) in [5, 5.41) is 3.59. The van der Waals surface area contributed by atoms with Crippen LogP contribution < -0.4 is 10.1 Å². The van der Waals surface area contributed by atoms with Crippen molar-refractivity contribution in [3.63, 3.8) is 0 Å². The summed E-state index contributed by atoms with van der Waals surface area (Å²) in [5.74, 6) is 3.48. The van der Waals surface area contributed by atoms with E-state index in [1.807, 2.05) is 11.8 Å². The maximum Gasteiger partial charge on any atom is 0.122 e. The third kappa shape index (κ3) is 3.42. The topological polar surface area (TPSA) is 21.3 Å². The minimum absolute atomic E-state index is 0.470. The van der Waals surface area contributed by atoms with Crippen molar-refractivity contribution in [3.8, 4) is 5.75 Å². The third-order valence-electron chi connectivity index (χ3n) is 3.20. The Morgan fingerprint density at radius 2 is 2.28 bits per heavy atom. The largest absolute Gasteiger partial charge is 0.493 e. The van der Waals surface area contributed by atoms with Gasteiger partial charge in [-0.05, 0) is 35.9 Å². The fourth-order valence-corrected chi connectivity index (χ4v) is 3.29. The lowest BCUT2D eigenvalue weighted by Gasteiger charge is -2.18. The minimum Gasteiger partial charge on any atom is -0.493 e. The smallest absolute Gasteiger partial charge is 0.122 e. The first-order valence-corrected chi connectivity index (χ1v) is 8.07. The molecule has 100 valence electrons. The van der Waals surface area contributed by atoms with E-state index in [9.17, 15) is 0 Å². The molecule has 18 heavy (non-hydrogen) atoms. The van der Waals surface area contributed by atoms with Crippen molar-refractivity contribution in [1.82, 2.24) is 5.32 Å². The molecule has 1 aromatic rings. The van der Waals surface area contributed by atoms with Crippen LogP contribution in [-0.2, 0) is 6.42 Å². The molecule has 0 bridgehead atoms. The van der Waals surface area contributed by atoms with E-state index >= 15 is 0 Å². The molecule has 0 saturated carbocycles. The van der Waals surface area contributed by atoms with Crippen LogP contribution in [0.25, 0.3) is 0 Å². The van der Waals surface area contributed by atoms with Crippen LogP contribution in [0.5, 0.6) is 5.75 Å². The van der Waals surface area contributed by atoms with E-state index < -0.39 is 0 Å². The Hall–Kier alpha value is -0.670. The number of ether oxygens (including phenoxy) is 1. The molecule has 1 unspecified atom stereocenters. The van der Waals surface area contributed by atoms with E-state index in [2.05, 4.69) is 37.4 Å². The summed E-state index contributed by atoms with van der Waals surface area (Å²) in [7, 11) is 0. The molecule has 2 rings (SSSR count). The summed E-state index contributed by atoms with van der Waals surface area (Å²) in [4.78, 5) is 0. The summed E-state index contributed by atoms with van der Waals surface area (Å²) in [5.41, 5.74) is 2.78. The van der Waals surface area contributed by atoms with Gasteiger partial charge >= 0.3 is 0 Å². The monoisotopic (exact) mass is 265 g/mol. The molecular weight excluding hydrogens is 242 g/mol. The Kier molecular flexibility index (Phi) is 5.39. The van der Waals surface area contributed by atoms with Gasteiger partial charge in [0.25, 0.3) is 0 Å². The summed E-state index contributed by atoms with van der Waals surface area (Å²) in [6.45, 7) is 6.27. The normalized spacial score (nSPS) is 15.2. The van der Waals surface area contributed by atoms with E-state index in [4.69, 9.17) is 4.74 Å². The SMILES string of the molecule is CCCSCC(NCC)c1ccc2c(c1)CCO2. The second-order valence-corrected chi connectivity index (χ2v) is 5.80. The number of thioether (sulfide) groups is 1. The zero-order chi connectivity index (χ0) is 12.8. The quantitative estimate of drug-likeness (QED) is 0.763.